The Morgan fingerprint density at radius 1 is 1.41 bits per heavy atom. The Kier molecular flexibility index (Phi) is 4.54. The van der Waals surface area contributed by atoms with Gasteiger partial charge in [-0.15, -0.1) is 0 Å². The highest BCUT2D eigenvalue weighted by Crippen LogP contribution is 2.37. The summed E-state index contributed by atoms with van der Waals surface area (Å²) in [5.41, 5.74) is 0.864. The fraction of sp³-hybridized carbons (Fsp3) is 0.467. The van der Waals surface area contributed by atoms with Crippen LogP contribution in [0.25, 0.3) is 0 Å². The predicted octanol–water partition coefficient (Wildman–Crippen LogP) is 1.58. The van der Waals surface area contributed by atoms with Crippen molar-refractivity contribution < 1.29 is 28.6 Å². The van der Waals surface area contributed by atoms with Gasteiger partial charge in [0.2, 0.25) is 5.91 Å². The molecular weight excluding hydrogens is 293 g/mol. The van der Waals surface area contributed by atoms with Crippen LogP contribution in [-0.2, 0) is 27.4 Å². The molecule has 1 aliphatic heterocycles. The van der Waals surface area contributed by atoms with Crippen molar-refractivity contribution in [3.63, 3.8) is 0 Å². The van der Waals surface area contributed by atoms with E-state index in [1.165, 1.54) is 25.2 Å². The van der Waals surface area contributed by atoms with E-state index >= 15 is 0 Å². The summed E-state index contributed by atoms with van der Waals surface area (Å²) in [7, 11) is 2.59. The summed E-state index contributed by atoms with van der Waals surface area (Å²) in [4.78, 5) is 25.0. The fourth-order valence-electron chi connectivity index (χ4n) is 2.48. The first-order chi connectivity index (χ1) is 10.4. The molecule has 0 fully saturated rings. The van der Waals surface area contributed by atoms with Crippen LogP contribution in [0.2, 0.25) is 0 Å². The SMILES string of the molecule is COC(=O)[C@@H](C)CC(=O)N1Cc2cc(OC)c(O)c(F)c2C1. The number of ether oxygens (including phenoxy) is 2. The van der Waals surface area contributed by atoms with Crippen LogP contribution in [0.1, 0.15) is 24.5 Å². The molecule has 22 heavy (non-hydrogen) atoms. The largest absolute Gasteiger partial charge is 0.502 e. The lowest BCUT2D eigenvalue weighted by Crippen LogP contribution is -2.29. The number of rotatable bonds is 4. The smallest absolute Gasteiger partial charge is 0.308 e. The Hall–Kier alpha value is -2.31. The summed E-state index contributed by atoms with van der Waals surface area (Å²) in [6.45, 7) is 1.88. The molecule has 1 heterocycles. The predicted molar refractivity (Wildman–Crippen MR) is 74.7 cm³/mol. The molecule has 1 aromatic carbocycles. The van der Waals surface area contributed by atoms with Gasteiger partial charge in [0, 0.05) is 25.1 Å². The molecule has 7 heteroatoms. The van der Waals surface area contributed by atoms with Crippen molar-refractivity contribution in [3.8, 4) is 11.5 Å². The van der Waals surface area contributed by atoms with Crippen LogP contribution < -0.4 is 4.74 Å². The summed E-state index contributed by atoms with van der Waals surface area (Å²) in [5, 5.41) is 9.67. The molecule has 1 amide bonds. The summed E-state index contributed by atoms with van der Waals surface area (Å²) < 4.78 is 23.6. The second kappa shape index (κ2) is 6.21. The third-order valence-electron chi connectivity index (χ3n) is 3.77. The lowest BCUT2D eigenvalue weighted by molar-refractivity contribution is -0.148. The van der Waals surface area contributed by atoms with Crippen LogP contribution in [0.4, 0.5) is 4.39 Å². The molecule has 1 atom stereocenters. The first-order valence-corrected chi connectivity index (χ1v) is 6.81. The Morgan fingerprint density at radius 3 is 2.68 bits per heavy atom. The maximum absolute atomic E-state index is 14.1. The third-order valence-corrected chi connectivity index (χ3v) is 3.77. The molecule has 1 aromatic rings. The number of aromatic hydroxyl groups is 1. The first-order valence-electron chi connectivity index (χ1n) is 6.81. The van der Waals surface area contributed by atoms with E-state index in [0.29, 0.717) is 5.56 Å². The minimum absolute atomic E-state index is 0.00853. The lowest BCUT2D eigenvalue weighted by atomic mass is 10.1. The van der Waals surface area contributed by atoms with Crippen LogP contribution in [-0.4, -0.2) is 36.1 Å². The van der Waals surface area contributed by atoms with Crippen molar-refractivity contribution in [1.82, 2.24) is 4.90 Å². The zero-order valence-electron chi connectivity index (χ0n) is 12.7. The molecule has 120 valence electrons. The van der Waals surface area contributed by atoms with Crippen molar-refractivity contribution in [3.05, 3.63) is 23.0 Å². The second-order valence-corrected chi connectivity index (χ2v) is 5.26. The number of nitrogens with zero attached hydrogens (tertiary/aromatic N) is 1. The number of methoxy groups -OCH3 is 2. The topological polar surface area (TPSA) is 76.1 Å². The Balaban J connectivity index is 2.14. The minimum atomic E-state index is -0.773. The van der Waals surface area contributed by atoms with Gasteiger partial charge < -0.3 is 19.5 Å². The van der Waals surface area contributed by atoms with Crippen LogP contribution in [0.15, 0.2) is 6.07 Å². The number of phenols is 1. The highest BCUT2D eigenvalue weighted by molar-refractivity contribution is 5.83. The van der Waals surface area contributed by atoms with Gasteiger partial charge in [-0.25, -0.2) is 4.39 Å². The van der Waals surface area contributed by atoms with Gasteiger partial charge in [-0.2, -0.15) is 0 Å². The van der Waals surface area contributed by atoms with E-state index in [2.05, 4.69) is 4.74 Å². The van der Waals surface area contributed by atoms with Crippen LogP contribution in [0.3, 0.4) is 0 Å². The maximum Gasteiger partial charge on any atom is 0.308 e. The van der Waals surface area contributed by atoms with Crippen LogP contribution in [0, 0.1) is 11.7 Å². The standard InChI is InChI=1S/C15H18FNO5/c1-8(15(20)22-3)4-12(18)17-6-9-5-11(21-2)14(19)13(16)10(9)7-17/h5,8,19H,4,6-7H2,1-3H3/t8-/m0/s1. The molecular formula is C15H18FNO5. The highest BCUT2D eigenvalue weighted by atomic mass is 19.1. The monoisotopic (exact) mass is 311 g/mol. The molecule has 0 bridgehead atoms. The number of fused-ring (bicyclic) bond motifs is 1. The average molecular weight is 311 g/mol. The van der Waals surface area contributed by atoms with Gasteiger partial charge in [0.1, 0.15) is 0 Å². The van der Waals surface area contributed by atoms with Gasteiger partial charge >= 0.3 is 5.97 Å². The number of halogens is 1. The number of esters is 1. The zero-order valence-corrected chi connectivity index (χ0v) is 12.7. The van der Waals surface area contributed by atoms with Gasteiger partial charge in [0.15, 0.2) is 17.3 Å². The average Bonchev–Trinajstić information content (AvgIpc) is 2.94. The normalized spacial score (nSPS) is 14.5. The molecule has 0 saturated carbocycles. The molecule has 0 radical (unpaired) electrons. The quantitative estimate of drug-likeness (QED) is 0.854. The summed E-state index contributed by atoms with van der Waals surface area (Å²) in [6.07, 6.45) is -0.00853. The molecule has 0 unspecified atom stereocenters. The summed E-state index contributed by atoms with van der Waals surface area (Å²) in [5.74, 6) is -2.59. The van der Waals surface area contributed by atoms with Crippen molar-refractivity contribution in [2.45, 2.75) is 26.4 Å². The molecule has 6 nitrogen and oxygen atoms in total. The maximum atomic E-state index is 14.1. The van der Waals surface area contributed by atoms with E-state index in [-0.39, 0.29) is 36.7 Å². The van der Waals surface area contributed by atoms with Gasteiger partial charge in [-0.3, -0.25) is 9.59 Å². The Morgan fingerprint density at radius 2 is 2.09 bits per heavy atom. The van der Waals surface area contributed by atoms with E-state index in [0.717, 1.165) is 0 Å². The molecule has 1 aliphatic rings. The van der Waals surface area contributed by atoms with Gasteiger partial charge in [0.25, 0.3) is 0 Å². The number of amides is 1. The van der Waals surface area contributed by atoms with E-state index in [1.54, 1.807) is 6.92 Å². The van der Waals surface area contributed by atoms with Crippen LogP contribution >= 0.6 is 0 Å². The number of hydrogen-bond donors (Lipinski definition) is 1. The third kappa shape index (κ3) is 2.84. The first kappa shape index (κ1) is 16.1. The van der Waals surface area contributed by atoms with E-state index in [1.807, 2.05) is 0 Å². The van der Waals surface area contributed by atoms with Crippen molar-refractivity contribution in [2.24, 2.45) is 5.92 Å². The van der Waals surface area contributed by atoms with Crippen molar-refractivity contribution in [2.75, 3.05) is 14.2 Å². The van der Waals surface area contributed by atoms with E-state index in [9.17, 15) is 19.1 Å². The summed E-state index contributed by atoms with van der Waals surface area (Å²) in [6, 6.07) is 1.52. The molecule has 2 rings (SSSR count). The van der Waals surface area contributed by atoms with Gasteiger partial charge in [-0.1, -0.05) is 6.92 Å². The molecule has 1 N–H and O–H groups in total. The van der Waals surface area contributed by atoms with Crippen LogP contribution in [0.5, 0.6) is 11.5 Å². The van der Waals surface area contributed by atoms with E-state index in [4.69, 9.17) is 4.74 Å². The Labute approximate surface area is 127 Å². The second-order valence-electron chi connectivity index (χ2n) is 5.26. The zero-order chi connectivity index (χ0) is 16.4. The minimum Gasteiger partial charge on any atom is -0.502 e. The highest BCUT2D eigenvalue weighted by Gasteiger charge is 2.30. The lowest BCUT2D eigenvalue weighted by Gasteiger charge is -2.17. The number of hydrogen-bond acceptors (Lipinski definition) is 5. The van der Waals surface area contributed by atoms with Crippen molar-refractivity contribution in [1.29, 1.82) is 0 Å². The molecule has 0 saturated heterocycles. The summed E-state index contributed by atoms with van der Waals surface area (Å²) >= 11 is 0. The number of benzene rings is 1. The Bertz CT molecular complexity index is 616. The van der Waals surface area contributed by atoms with Gasteiger partial charge in [-0.05, 0) is 11.6 Å². The van der Waals surface area contributed by atoms with E-state index < -0.39 is 23.5 Å². The molecule has 0 aromatic heterocycles. The number of carbonyl (C=O) groups excluding carboxylic acids is 2. The van der Waals surface area contributed by atoms with Crippen molar-refractivity contribution >= 4 is 11.9 Å². The molecule has 0 spiro atoms. The number of phenolic OH excluding ortho intramolecular Hbond substituents is 1. The fourth-order valence-corrected chi connectivity index (χ4v) is 2.48. The van der Waals surface area contributed by atoms with Gasteiger partial charge in [0.05, 0.1) is 20.1 Å². The number of carbonyl (C=O) groups is 2. The molecule has 0 aliphatic carbocycles.